The zero-order valence-electron chi connectivity index (χ0n) is 13.9. The molecule has 1 rings (SSSR count). The van der Waals surface area contributed by atoms with Gasteiger partial charge in [0.15, 0.2) is 0 Å². The Morgan fingerprint density at radius 3 is 2.50 bits per heavy atom. The molecule has 1 saturated heterocycles. The summed E-state index contributed by atoms with van der Waals surface area (Å²) in [6.45, 7) is 9.22. The van der Waals surface area contributed by atoms with Gasteiger partial charge in [0.2, 0.25) is 5.91 Å². The first kappa shape index (κ1) is 18.3. The zero-order valence-corrected chi connectivity index (χ0v) is 13.9. The molecule has 2 amide bonds. The lowest BCUT2D eigenvalue weighted by atomic mass is 9.98. The van der Waals surface area contributed by atoms with Crippen LogP contribution >= 0.6 is 0 Å². The van der Waals surface area contributed by atoms with Crippen molar-refractivity contribution in [2.75, 3.05) is 6.54 Å². The fourth-order valence-electron chi connectivity index (χ4n) is 2.47. The molecule has 22 heavy (non-hydrogen) atoms. The lowest BCUT2D eigenvalue weighted by molar-refractivity contribution is -0.151. The number of aliphatic carboxylic acids is 1. The number of ether oxygens (including phenoxy) is 1. The van der Waals surface area contributed by atoms with Crippen LogP contribution in [0.5, 0.6) is 0 Å². The van der Waals surface area contributed by atoms with Gasteiger partial charge >= 0.3 is 12.1 Å². The highest BCUT2D eigenvalue weighted by atomic mass is 16.6. The van der Waals surface area contributed by atoms with Gasteiger partial charge < -0.3 is 20.1 Å². The summed E-state index contributed by atoms with van der Waals surface area (Å²) < 4.78 is 5.12. The van der Waals surface area contributed by atoms with Crippen LogP contribution in [-0.4, -0.2) is 52.2 Å². The fourth-order valence-corrected chi connectivity index (χ4v) is 2.47. The van der Waals surface area contributed by atoms with Crippen LogP contribution in [0.2, 0.25) is 0 Å². The highest BCUT2D eigenvalue weighted by Crippen LogP contribution is 2.22. The number of amides is 2. The number of rotatable bonds is 5. The molecule has 1 aliphatic heterocycles. The summed E-state index contributed by atoms with van der Waals surface area (Å²) in [6, 6.07) is -1.58. The van der Waals surface area contributed by atoms with Crippen LogP contribution in [0.3, 0.4) is 0 Å². The molecule has 1 aliphatic rings. The predicted octanol–water partition coefficient (Wildman–Crippen LogP) is 1.61. The second kappa shape index (κ2) is 6.98. The first-order chi connectivity index (χ1) is 10.1. The smallest absolute Gasteiger partial charge is 0.408 e. The Balaban J connectivity index is 2.72. The highest BCUT2D eigenvalue weighted by molar-refractivity contribution is 5.91. The summed E-state index contributed by atoms with van der Waals surface area (Å²) in [4.78, 5) is 36.9. The topological polar surface area (TPSA) is 95.9 Å². The Kier molecular flexibility index (Phi) is 5.79. The molecule has 0 aliphatic carbocycles. The average molecular weight is 314 g/mol. The third kappa shape index (κ3) is 4.61. The Morgan fingerprint density at radius 1 is 1.45 bits per heavy atom. The van der Waals surface area contributed by atoms with Gasteiger partial charge in [-0.25, -0.2) is 9.59 Å². The molecule has 1 heterocycles. The van der Waals surface area contributed by atoms with E-state index in [-0.39, 0.29) is 11.8 Å². The van der Waals surface area contributed by atoms with E-state index in [1.165, 1.54) is 4.90 Å². The van der Waals surface area contributed by atoms with Crippen molar-refractivity contribution in [2.24, 2.45) is 5.92 Å². The van der Waals surface area contributed by atoms with Crippen molar-refractivity contribution in [3.8, 4) is 0 Å². The monoisotopic (exact) mass is 314 g/mol. The molecule has 0 spiro atoms. The molecule has 3 atom stereocenters. The minimum Gasteiger partial charge on any atom is -0.480 e. The minimum absolute atomic E-state index is 0.151. The molecule has 126 valence electrons. The molecule has 0 aromatic rings. The number of alkyl carbamates (subject to hydrolysis) is 1. The van der Waals surface area contributed by atoms with Gasteiger partial charge in [0.1, 0.15) is 17.7 Å². The Bertz CT molecular complexity index is 444. The fraction of sp³-hybridized carbons (Fsp3) is 0.800. The minimum atomic E-state index is -1.01. The van der Waals surface area contributed by atoms with Crippen LogP contribution in [-0.2, 0) is 14.3 Å². The highest BCUT2D eigenvalue weighted by Gasteiger charge is 2.41. The van der Waals surface area contributed by atoms with E-state index in [0.717, 1.165) is 0 Å². The zero-order chi connectivity index (χ0) is 17.1. The van der Waals surface area contributed by atoms with Crippen LogP contribution in [0.15, 0.2) is 0 Å². The maximum atomic E-state index is 12.4. The van der Waals surface area contributed by atoms with E-state index in [1.54, 1.807) is 27.7 Å². The maximum absolute atomic E-state index is 12.4. The van der Waals surface area contributed by atoms with Crippen molar-refractivity contribution < 1.29 is 24.2 Å². The lowest BCUT2D eigenvalue weighted by Crippen LogP contribution is -2.50. The summed E-state index contributed by atoms with van der Waals surface area (Å²) in [6.07, 6.45) is 0.381. The lowest BCUT2D eigenvalue weighted by Gasteiger charge is -2.29. The van der Waals surface area contributed by atoms with E-state index in [1.807, 2.05) is 6.92 Å². The van der Waals surface area contributed by atoms with Crippen LogP contribution in [0.25, 0.3) is 0 Å². The van der Waals surface area contributed by atoms with E-state index in [4.69, 9.17) is 4.74 Å². The maximum Gasteiger partial charge on any atom is 0.408 e. The average Bonchev–Trinajstić information content (AvgIpc) is 2.69. The second-order valence-corrected chi connectivity index (χ2v) is 6.69. The number of carboxylic acids is 1. The normalized spacial score (nSPS) is 21.4. The van der Waals surface area contributed by atoms with Crippen molar-refractivity contribution in [3.05, 3.63) is 0 Å². The Morgan fingerprint density at radius 2 is 2.05 bits per heavy atom. The number of hydrogen-bond donors (Lipinski definition) is 2. The molecule has 7 heteroatoms. The summed E-state index contributed by atoms with van der Waals surface area (Å²) in [5, 5.41) is 11.9. The van der Waals surface area contributed by atoms with Crippen molar-refractivity contribution in [3.63, 3.8) is 0 Å². The van der Waals surface area contributed by atoms with Crippen molar-refractivity contribution >= 4 is 18.0 Å². The standard InChI is InChI=1S/C15H26N2O5/c1-6-9(2)11(13(19)20)17-8-7-10(12(17)18)16-14(21)22-15(3,4)5/h9-11H,6-8H2,1-5H3,(H,16,21)(H,19,20)/t9-,10+,11-/m0/s1. The number of nitrogens with zero attached hydrogens (tertiary/aromatic N) is 1. The molecule has 0 aromatic heterocycles. The predicted molar refractivity (Wildman–Crippen MR) is 80.4 cm³/mol. The first-order valence-corrected chi connectivity index (χ1v) is 7.59. The number of carboxylic acid groups (broad SMARTS) is 1. The third-order valence-electron chi connectivity index (χ3n) is 3.70. The van der Waals surface area contributed by atoms with Crippen molar-refractivity contribution in [1.82, 2.24) is 10.2 Å². The van der Waals surface area contributed by atoms with Crippen LogP contribution in [0.4, 0.5) is 4.79 Å². The molecule has 0 saturated carbocycles. The van der Waals surface area contributed by atoms with Gasteiger partial charge in [-0.15, -0.1) is 0 Å². The number of carbonyl (C=O) groups excluding carboxylic acids is 2. The number of carbonyl (C=O) groups is 3. The molecular formula is C15H26N2O5. The van der Waals surface area contributed by atoms with Gasteiger partial charge in [-0.05, 0) is 33.1 Å². The number of hydrogen-bond acceptors (Lipinski definition) is 4. The molecule has 0 unspecified atom stereocenters. The van der Waals surface area contributed by atoms with Crippen LogP contribution in [0.1, 0.15) is 47.5 Å². The van der Waals surface area contributed by atoms with Gasteiger partial charge in [0.25, 0.3) is 0 Å². The van der Waals surface area contributed by atoms with E-state index >= 15 is 0 Å². The van der Waals surface area contributed by atoms with Gasteiger partial charge in [-0.3, -0.25) is 4.79 Å². The molecular weight excluding hydrogens is 288 g/mol. The molecule has 7 nitrogen and oxygen atoms in total. The van der Waals surface area contributed by atoms with Crippen molar-refractivity contribution in [1.29, 1.82) is 0 Å². The van der Waals surface area contributed by atoms with E-state index in [0.29, 0.717) is 19.4 Å². The van der Waals surface area contributed by atoms with Gasteiger partial charge in [-0.2, -0.15) is 0 Å². The first-order valence-electron chi connectivity index (χ1n) is 7.59. The summed E-state index contributed by atoms with van der Waals surface area (Å²) in [5.74, 6) is -1.53. The van der Waals surface area contributed by atoms with Gasteiger partial charge in [0, 0.05) is 6.54 Å². The molecule has 0 radical (unpaired) electrons. The van der Waals surface area contributed by atoms with E-state index in [9.17, 15) is 19.5 Å². The molecule has 0 aromatic carbocycles. The van der Waals surface area contributed by atoms with Crippen LogP contribution in [0, 0.1) is 5.92 Å². The molecule has 1 fully saturated rings. The Labute approximate surface area is 131 Å². The molecule has 0 bridgehead atoms. The molecule has 2 N–H and O–H groups in total. The second-order valence-electron chi connectivity index (χ2n) is 6.69. The van der Waals surface area contributed by atoms with Gasteiger partial charge in [-0.1, -0.05) is 20.3 Å². The third-order valence-corrected chi connectivity index (χ3v) is 3.70. The van der Waals surface area contributed by atoms with Gasteiger partial charge in [0.05, 0.1) is 0 Å². The Hall–Kier alpha value is -1.79. The largest absolute Gasteiger partial charge is 0.480 e. The summed E-state index contributed by atoms with van der Waals surface area (Å²) in [7, 11) is 0. The van der Waals surface area contributed by atoms with Crippen molar-refractivity contribution in [2.45, 2.75) is 65.1 Å². The SMILES string of the molecule is CC[C@H](C)[C@@H](C(=O)O)N1CC[C@@H](NC(=O)OC(C)(C)C)C1=O. The number of likely N-dealkylation sites (tertiary alicyclic amines) is 1. The van der Waals surface area contributed by atoms with Crippen LogP contribution < -0.4 is 5.32 Å². The van der Waals surface area contributed by atoms with E-state index < -0.39 is 29.7 Å². The summed E-state index contributed by atoms with van der Waals surface area (Å²) in [5.41, 5.74) is -0.647. The summed E-state index contributed by atoms with van der Waals surface area (Å²) >= 11 is 0. The quantitative estimate of drug-likeness (QED) is 0.803. The number of nitrogens with one attached hydrogen (secondary N) is 1. The van der Waals surface area contributed by atoms with E-state index in [2.05, 4.69) is 5.32 Å².